The van der Waals surface area contributed by atoms with Gasteiger partial charge in [-0.1, -0.05) is 0 Å². The molecule has 4 heteroatoms. The van der Waals surface area contributed by atoms with Crippen molar-refractivity contribution in [1.82, 2.24) is 0 Å². The van der Waals surface area contributed by atoms with E-state index in [1.807, 2.05) is 0 Å². The molecule has 0 aromatic carbocycles. The second-order valence-electron chi connectivity index (χ2n) is 1.43. The van der Waals surface area contributed by atoms with E-state index in [1.165, 1.54) is 0 Å². The predicted octanol–water partition coefficient (Wildman–Crippen LogP) is 1.16. The smallest absolute Gasteiger partial charge is 0.255 e. The average molecular weight is 124 g/mol. The maximum Gasteiger partial charge on any atom is 0.351 e. The summed E-state index contributed by atoms with van der Waals surface area (Å²) in [5.41, 5.74) is 0. The van der Waals surface area contributed by atoms with Crippen molar-refractivity contribution in [3.63, 3.8) is 0 Å². The maximum absolute atomic E-state index is 11.7. The van der Waals surface area contributed by atoms with Gasteiger partial charge in [0, 0.05) is 4.53 Å². The van der Waals surface area contributed by atoms with Gasteiger partial charge in [0.05, 0.1) is 6.42 Å². The Kier molecular flexibility index (Phi) is 3.07. The van der Waals surface area contributed by atoms with Crippen LogP contribution in [-0.2, 0) is 9.74 Å². The Morgan fingerprint density at radius 3 is 2.50 bits per heavy atom. The van der Waals surface area contributed by atoms with Crippen LogP contribution in [0.15, 0.2) is 0 Å². The molecule has 0 amide bonds. The van der Waals surface area contributed by atoms with Crippen LogP contribution in [0.3, 0.4) is 0 Å². The third-order valence-corrected chi connectivity index (χ3v) is 0.534. The van der Waals surface area contributed by atoms with Crippen LogP contribution in [0.1, 0.15) is 13.3 Å². The van der Waals surface area contributed by atoms with Gasteiger partial charge >= 0.3 is 5.97 Å². The molecule has 2 nitrogen and oxygen atoms in total. The standard InChI is InChI=1S/C4H6F2O2/c1-3(5)2-4(7)8-6/h3H,2H2,1H3. The van der Waals surface area contributed by atoms with Gasteiger partial charge in [-0.2, -0.15) is 0 Å². The van der Waals surface area contributed by atoms with E-state index in [1.54, 1.807) is 0 Å². The van der Waals surface area contributed by atoms with E-state index >= 15 is 0 Å². The molecule has 8 heavy (non-hydrogen) atoms. The zero-order valence-electron chi connectivity index (χ0n) is 4.36. The predicted molar refractivity (Wildman–Crippen MR) is 22.4 cm³/mol. The molecule has 0 aliphatic rings. The van der Waals surface area contributed by atoms with Crippen LogP contribution in [0, 0.1) is 0 Å². The van der Waals surface area contributed by atoms with Gasteiger partial charge in [-0.3, -0.25) is 4.94 Å². The molecular weight excluding hydrogens is 118 g/mol. The summed E-state index contributed by atoms with van der Waals surface area (Å²) in [6.07, 6.45) is -1.85. The van der Waals surface area contributed by atoms with Crippen LogP contribution in [0.2, 0.25) is 0 Å². The number of halogens is 2. The van der Waals surface area contributed by atoms with E-state index in [4.69, 9.17) is 0 Å². The molecular formula is C4H6F2O2. The molecule has 0 saturated carbocycles. The zero-order valence-corrected chi connectivity index (χ0v) is 4.36. The van der Waals surface area contributed by atoms with E-state index in [0.29, 0.717) is 0 Å². The number of hydrogen-bond acceptors (Lipinski definition) is 2. The Bertz CT molecular complexity index is 82.1. The summed E-state index contributed by atoms with van der Waals surface area (Å²) in [4.78, 5) is 12.5. The minimum absolute atomic E-state index is 0.517. The van der Waals surface area contributed by atoms with E-state index < -0.39 is 18.6 Å². The first-order chi connectivity index (χ1) is 3.66. The quantitative estimate of drug-likeness (QED) is 0.552. The SMILES string of the molecule is CC(F)CC(=O)OF. The molecule has 0 aliphatic carbocycles. The monoisotopic (exact) mass is 124 g/mol. The lowest BCUT2D eigenvalue weighted by molar-refractivity contribution is -0.184. The van der Waals surface area contributed by atoms with Crippen molar-refractivity contribution in [2.45, 2.75) is 19.5 Å². The van der Waals surface area contributed by atoms with E-state index in [-0.39, 0.29) is 0 Å². The van der Waals surface area contributed by atoms with Gasteiger partial charge in [-0.25, -0.2) is 9.18 Å². The molecule has 48 valence electrons. The molecule has 0 aromatic rings. The van der Waals surface area contributed by atoms with Crippen molar-refractivity contribution >= 4 is 5.97 Å². The Morgan fingerprint density at radius 1 is 1.88 bits per heavy atom. The number of rotatable bonds is 2. The van der Waals surface area contributed by atoms with E-state index in [0.717, 1.165) is 6.92 Å². The fourth-order valence-corrected chi connectivity index (χ4v) is 0.261. The summed E-state index contributed by atoms with van der Waals surface area (Å²) in [7, 11) is 0. The largest absolute Gasteiger partial charge is 0.351 e. The highest BCUT2D eigenvalue weighted by molar-refractivity contribution is 5.69. The van der Waals surface area contributed by atoms with Crippen LogP contribution >= 0.6 is 0 Å². The van der Waals surface area contributed by atoms with Crippen molar-refractivity contribution < 1.29 is 18.7 Å². The first-order valence-corrected chi connectivity index (χ1v) is 2.12. The molecule has 0 heterocycles. The van der Waals surface area contributed by atoms with Crippen molar-refractivity contribution in [3.05, 3.63) is 0 Å². The van der Waals surface area contributed by atoms with Gasteiger partial charge < -0.3 is 0 Å². The third kappa shape index (κ3) is 3.52. The fourth-order valence-electron chi connectivity index (χ4n) is 0.261. The highest BCUT2D eigenvalue weighted by Gasteiger charge is 2.07. The fraction of sp³-hybridized carbons (Fsp3) is 0.750. The molecule has 0 fully saturated rings. The van der Waals surface area contributed by atoms with Crippen molar-refractivity contribution in [3.8, 4) is 0 Å². The minimum atomic E-state index is -1.33. The third-order valence-electron chi connectivity index (χ3n) is 0.534. The van der Waals surface area contributed by atoms with Crippen molar-refractivity contribution in [2.24, 2.45) is 0 Å². The molecule has 0 aromatic heterocycles. The summed E-state index contributed by atoms with van der Waals surface area (Å²) >= 11 is 0. The van der Waals surface area contributed by atoms with Crippen LogP contribution in [0.5, 0.6) is 0 Å². The molecule has 0 bridgehead atoms. The Balaban J connectivity index is 3.25. The topological polar surface area (TPSA) is 26.3 Å². The number of hydrogen-bond donors (Lipinski definition) is 0. The van der Waals surface area contributed by atoms with Crippen LogP contribution < -0.4 is 0 Å². The van der Waals surface area contributed by atoms with Gasteiger partial charge in [0.2, 0.25) is 0 Å². The lowest BCUT2D eigenvalue weighted by Crippen LogP contribution is -2.04. The van der Waals surface area contributed by atoms with Crippen molar-refractivity contribution in [2.75, 3.05) is 0 Å². The van der Waals surface area contributed by atoms with Gasteiger partial charge in [0.1, 0.15) is 6.17 Å². The molecule has 0 spiro atoms. The van der Waals surface area contributed by atoms with Crippen LogP contribution in [0.25, 0.3) is 0 Å². The lowest BCUT2D eigenvalue weighted by Gasteiger charge is -1.92. The number of carbonyl (C=O) groups is 1. The average Bonchev–Trinajstić information content (AvgIpc) is 1.65. The van der Waals surface area contributed by atoms with Gasteiger partial charge in [0.15, 0.2) is 0 Å². The zero-order chi connectivity index (χ0) is 6.57. The van der Waals surface area contributed by atoms with E-state index in [9.17, 15) is 13.7 Å². The Labute approximate surface area is 45.3 Å². The first-order valence-electron chi connectivity index (χ1n) is 2.12. The highest BCUT2D eigenvalue weighted by Crippen LogP contribution is 1.96. The lowest BCUT2D eigenvalue weighted by atomic mass is 10.3. The Hall–Kier alpha value is -0.670. The molecule has 0 saturated heterocycles. The second kappa shape index (κ2) is 3.35. The molecule has 0 radical (unpaired) electrons. The summed E-state index contributed by atoms with van der Waals surface area (Å²) in [5.74, 6) is -1.17. The summed E-state index contributed by atoms with van der Waals surface area (Å²) in [6.45, 7) is 1.15. The van der Waals surface area contributed by atoms with Gasteiger partial charge in [-0.15, -0.1) is 0 Å². The van der Waals surface area contributed by atoms with Gasteiger partial charge in [-0.05, 0) is 6.92 Å². The second-order valence-corrected chi connectivity index (χ2v) is 1.43. The molecule has 1 atom stereocenters. The number of alkyl halides is 1. The first kappa shape index (κ1) is 7.33. The molecule has 0 aliphatic heterocycles. The van der Waals surface area contributed by atoms with Gasteiger partial charge in [0.25, 0.3) is 0 Å². The van der Waals surface area contributed by atoms with Crippen molar-refractivity contribution in [1.29, 1.82) is 0 Å². The van der Waals surface area contributed by atoms with E-state index in [2.05, 4.69) is 4.94 Å². The summed E-state index contributed by atoms with van der Waals surface area (Å²) in [6, 6.07) is 0. The summed E-state index contributed by atoms with van der Waals surface area (Å²) in [5, 5.41) is 0. The Morgan fingerprint density at radius 2 is 2.38 bits per heavy atom. The summed E-state index contributed by atoms with van der Waals surface area (Å²) < 4.78 is 22.4. The van der Waals surface area contributed by atoms with Crippen LogP contribution in [0.4, 0.5) is 8.92 Å². The highest BCUT2D eigenvalue weighted by atomic mass is 19.3. The molecule has 0 rings (SSSR count). The molecule has 1 unspecified atom stereocenters. The normalized spacial score (nSPS) is 12.9. The maximum atomic E-state index is 11.7. The number of carbonyl (C=O) groups excluding carboxylic acids is 1. The molecule has 0 N–H and O–H groups in total. The van der Waals surface area contributed by atoms with Crippen LogP contribution in [-0.4, -0.2) is 12.1 Å². The minimum Gasteiger partial charge on any atom is -0.255 e.